The fourth-order valence-corrected chi connectivity index (χ4v) is 4.93. The predicted octanol–water partition coefficient (Wildman–Crippen LogP) is 0.202. The van der Waals surface area contributed by atoms with Gasteiger partial charge in [-0.3, -0.25) is 4.90 Å². The van der Waals surface area contributed by atoms with Crippen molar-refractivity contribution in [3.8, 4) is 0 Å². The Morgan fingerprint density at radius 1 is 1.30 bits per heavy atom. The molecule has 6 nitrogen and oxygen atoms in total. The lowest BCUT2D eigenvalue weighted by atomic mass is 9.95. The lowest BCUT2D eigenvalue weighted by Crippen LogP contribution is -2.69. The number of rotatable bonds is 3. The topological polar surface area (TPSA) is 70.1 Å². The summed E-state index contributed by atoms with van der Waals surface area (Å²) in [5, 5.41) is 9.82. The van der Waals surface area contributed by atoms with Gasteiger partial charge >= 0.3 is 0 Å². The number of sulfonamides is 1. The molecule has 8 heteroatoms. The molecule has 0 saturated carbocycles. The van der Waals surface area contributed by atoms with E-state index in [9.17, 15) is 17.9 Å². The number of nitrogens with zero attached hydrogens (tertiary/aromatic N) is 2. The average Bonchev–Trinajstić information content (AvgIpc) is 2.53. The highest BCUT2D eigenvalue weighted by Crippen LogP contribution is 2.29. The Morgan fingerprint density at radius 2 is 2.09 bits per heavy atom. The zero-order valence-corrected chi connectivity index (χ0v) is 13.9. The van der Waals surface area contributed by atoms with E-state index in [4.69, 9.17) is 4.74 Å². The van der Waals surface area contributed by atoms with E-state index in [1.54, 1.807) is 6.92 Å². The second-order valence-electron chi connectivity index (χ2n) is 6.22. The number of aliphatic hydroxyl groups is 1. The first-order valence-corrected chi connectivity index (χ1v) is 9.02. The molecule has 23 heavy (non-hydrogen) atoms. The maximum Gasteiger partial charge on any atom is 0.243 e. The van der Waals surface area contributed by atoms with E-state index < -0.39 is 21.4 Å². The molecule has 1 aromatic carbocycles. The summed E-state index contributed by atoms with van der Waals surface area (Å²) < 4.78 is 46.0. The number of hydrogen-bond donors (Lipinski definition) is 1. The molecule has 2 heterocycles. The molecule has 0 spiro atoms. The van der Waals surface area contributed by atoms with Crippen LogP contribution in [0.3, 0.4) is 0 Å². The van der Waals surface area contributed by atoms with E-state index in [2.05, 4.69) is 4.90 Å². The van der Waals surface area contributed by atoms with Crippen molar-refractivity contribution in [2.45, 2.75) is 17.4 Å². The lowest BCUT2D eigenvalue weighted by molar-refractivity contribution is -0.114. The van der Waals surface area contributed by atoms with Crippen molar-refractivity contribution in [2.75, 3.05) is 46.0 Å². The van der Waals surface area contributed by atoms with Crippen LogP contribution in [0.2, 0.25) is 0 Å². The third-order valence-electron chi connectivity index (χ3n) is 4.58. The first-order valence-electron chi connectivity index (χ1n) is 7.58. The average molecular weight is 344 g/mol. The number of fused-ring (bicyclic) bond motifs is 1. The molecule has 0 amide bonds. The van der Waals surface area contributed by atoms with Crippen LogP contribution in [0, 0.1) is 12.7 Å². The highest BCUT2D eigenvalue weighted by molar-refractivity contribution is 7.89. The SMILES string of the molecule is Cc1cc(F)cc(S(=O)(=O)N2CCN3CCOC[C@]3(CO)C2)c1. The molecule has 0 bridgehead atoms. The van der Waals surface area contributed by atoms with Gasteiger partial charge in [0.25, 0.3) is 0 Å². The molecule has 0 aliphatic carbocycles. The van der Waals surface area contributed by atoms with Crippen LogP contribution in [0.15, 0.2) is 23.1 Å². The molecule has 128 valence electrons. The summed E-state index contributed by atoms with van der Waals surface area (Å²) in [6, 6.07) is 3.80. The number of morpholine rings is 1. The third-order valence-corrected chi connectivity index (χ3v) is 6.41. The number of hydrogen-bond acceptors (Lipinski definition) is 5. The quantitative estimate of drug-likeness (QED) is 0.848. The molecule has 1 atom stereocenters. The summed E-state index contributed by atoms with van der Waals surface area (Å²) in [6.07, 6.45) is 0. The van der Waals surface area contributed by atoms with E-state index >= 15 is 0 Å². The van der Waals surface area contributed by atoms with Crippen LogP contribution in [0.5, 0.6) is 0 Å². The Hall–Kier alpha value is -1.06. The minimum Gasteiger partial charge on any atom is -0.394 e. The van der Waals surface area contributed by atoms with Crippen LogP contribution in [-0.4, -0.2) is 74.3 Å². The number of ether oxygens (including phenoxy) is 1. The predicted molar refractivity (Wildman–Crippen MR) is 82.1 cm³/mol. The number of aryl methyl sites for hydroxylation is 1. The van der Waals surface area contributed by atoms with Crippen LogP contribution >= 0.6 is 0 Å². The zero-order valence-electron chi connectivity index (χ0n) is 13.0. The molecule has 2 saturated heterocycles. The van der Waals surface area contributed by atoms with Gasteiger partial charge in [0.2, 0.25) is 10.0 Å². The highest BCUT2D eigenvalue weighted by atomic mass is 32.2. The molecule has 1 aromatic rings. The minimum absolute atomic E-state index is 0.0479. The molecule has 2 aliphatic heterocycles. The normalized spacial score (nSPS) is 26.9. The smallest absolute Gasteiger partial charge is 0.243 e. The number of benzene rings is 1. The molecule has 0 radical (unpaired) electrons. The summed E-state index contributed by atoms with van der Waals surface area (Å²) in [5.74, 6) is -0.569. The standard InChI is InChI=1S/C15H21FN2O4S/c1-12-6-13(16)8-14(7-12)23(20,21)18-3-2-17-4-5-22-11-15(17,9-18)10-19/h6-8,19H,2-5,9-11H2,1H3/t15-/m1/s1. The van der Waals surface area contributed by atoms with Crippen LogP contribution in [0.1, 0.15) is 5.56 Å². The minimum atomic E-state index is -3.81. The fourth-order valence-electron chi connectivity index (χ4n) is 3.30. The van der Waals surface area contributed by atoms with Crippen molar-refractivity contribution >= 4 is 10.0 Å². The van der Waals surface area contributed by atoms with E-state index in [0.29, 0.717) is 31.8 Å². The summed E-state index contributed by atoms with van der Waals surface area (Å²) in [6.45, 7) is 4.01. The molecule has 3 rings (SSSR count). The van der Waals surface area contributed by atoms with Crippen molar-refractivity contribution < 1.29 is 22.7 Å². The molecule has 0 aromatic heterocycles. The monoisotopic (exact) mass is 344 g/mol. The lowest BCUT2D eigenvalue weighted by Gasteiger charge is -2.51. The van der Waals surface area contributed by atoms with Crippen molar-refractivity contribution in [1.29, 1.82) is 0 Å². The van der Waals surface area contributed by atoms with E-state index in [0.717, 1.165) is 6.07 Å². The second kappa shape index (κ2) is 6.10. The largest absolute Gasteiger partial charge is 0.394 e. The van der Waals surface area contributed by atoms with Gasteiger partial charge in [-0.15, -0.1) is 0 Å². The van der Waals surface area contributed by atoms with Gasteiger partial charge in [-0.1, -0.05) is 0 Å². The molecule has 2 fully saturated rings. The summed E-state index contributed by atoms with van der Waals surface area (Å²) in [7, 11) is -3.81. The third kappa shape index (κ3) is 3.01. The van der Waals surface area contributed by atoms with Gasteiger partial charge in [-0.2, -0.15) is 4.31 Å². The Bertz CT molecular complexity index is 676. The first-order chi connectivity index (χ1) is 10.9. The summed E-state index contributed by atoms with van der Waals surface area (Å²) in [4.78, 5) is 2.03. The summed E-state index contributed by atoms with van der Waals surface area (Å²) >= 11 is 0. The molecule has 0 unspecified atom stereocenters. The molecule has 2 aliphatic rings. The first kappa shape index (κ1) is 16.8. The van der Waals surface area contributed by atoms with Crippen molar-refractivity contribution in [2.24, 2.45) is 0 Å². The van der Waals surface area contributed by atoms with Crippen LogP contribution in [0.4, 0.5) is 4.39 Å². The number of halogens is 1. The second-order valence-corrected chi connectivity index (χ2v) is 8.16. The van der Waals surface area contributed by atoms with Gasteiger partial charge in [0.05, 0.1) is 30.3 Å². The Morgan fingerprint density at radius 3 is 2.78 bits per heavy atom. The molecular formula is C15H21FN2O4S. The Kier molecular flexibility index (Phi) is 4.45. The zero-order chi connectivity index (χ0) is 16.7. The van der Waals surface area contributed by atoms with E-state index in [1.165, 1.54) is 16.4 Å². The fraction of sp³-hybridized carbons (Fsp3) is 0.600. The van der Waals surface area contributed by atoms with Gasteiger partial charge in [0.1, 0.15) is 5.82 Å². The Labute approximate surface area is 135 Å². The van der Waals surface area contributed by atoms with Gasteiger partial charge in [-0.25, -0.2) is 12.8 Å². The van der Waals surface area contributed by atoms with Crippen LogP contribution < -0.4 is 0 Å². The number of aliphatic hydroxyl groups excluding tert-OH is 1. The van der Waals surface area contributed by atoms with Crippen molar-refractivity contribution in [1.82, 2.24) is 9.21 Å². The van der Waals surface area contributed by atoms with Gasteiger partial charge in [0, 0.05) is 26.2 Å². The van der Waals surface area contributed by atoms with Crippen LogP contribution in [0.25, 0.3) is 0 Å². The summed E-state index contributed by atoms with van der Waals surface area (Å²) in [5.41, 5.74) is -0.161. The maximum atomic E-state index is 13.6. The van der Waals surface area contributed by atoms with E-state index in [-0.39, 0.29) is 24.7 Å². The van der Waals surface area contributed by atoms with Crippen LogP contribution in [-0.2, 0) is 14.8 Å². The highest BCUT2D eigenvalue weighted by Gasteiger charge is 2.46. The molecule has 1 N–H and O–H groups in total. The van der Waals surface area contributed by atoms with Crippen molar-refractivity contribution in [3.05, 3.63) is 29.6 Å². The van der Waals surface area contributed by atoms with Gasteiger partial charge < -0.3 is 9.84 Å². The maximum absolute atomic E-state index is 13.6. The van der Waals surface area contributed by atoms with E-state index in [1.807, 2.05) is 0 Å². The molecular weight excluding hydrogens is 323 g/mol. The number of piperazine rings is 1. The van der Waals surface area contributed by atoms with Crippen molar-refractivity contribution in [3.63, 3.8) is 0 Å². The van der Waals surface area contributed by atoms with Gasteiger partial charge in [-0.05, 0) is 30.7 Å². The van der Waals surface area contributed by atoms with Gasteiger partial charge in [0.15, 0.2) is 0 Å². The Balaban J connectivity index is 1.91.